The van der Waals surface area contributed by atoms with E-state index < -0.39 is 0 Å². The predicted octanol–water partition coefficient (Wildman–Crippen LogP) is 4.31. The largest absolute Gasteiger partial charge is 0.439 e. The van der Waals surface area contributed by atoms with Crippen LogP contribution in [0.5, 0.6) is 0 Å². The van der Waals surface area contributed by atoms with E-state index in [0.717, 1.165) is 36.7 Å². The Labute approximate surface area is 156 Å². The van der Waals surface area contributed by atoms with Gasteiger partial charge in [0.15, 0.2) is 5.76 Å². The average molecular weight is 372 g/mol. The Bertz CT molecular complexity index is 630. The number of hydrogen-bond donors (Lipinski definition) is 1. The van der Waals surface area contributed by atoms with Gasteiger partial charge in [0, 0.05) is 24.7 Å². The first kappa shape index (κ1) is 21.0. The first-order valence-electron chi connectivity index (χ1n) is 7.98. The third-order valence-corrected chi connectivity index (χ3v) is 4.83. The molecule has 1 aromatic heterocycles. The van der Waals surface area contributed by atoms with Gasteiger partial charge < -0.3 is 10.2 Å². The van der Waals surface area contributed by atoms with Gasteiger partial charge in [-0.15, -0.1) is 24.8 Å². The van der Waals surface area contributed by atoms with E-state index in [-0.39, 0.29) is 42.3 Å². The van der Waals surface area contributed by atoms with Crippen molar-refractivity contribution in [2.45, 2.75) is 39.3 Å². The molecule has 2 aromatic rings. The molecule has 0 radical (unpaired) electrons. The van der Waals surface area contributed by atoms with Crippen molar-refractivity contribution < 1.29 is 4.42 Å². The van der Waals surface area contributed by atoms with Crippen LogP contribution in [-0.2, 0) is 0 Å². The lowest BCUT2D eigenvalue weighted by molar-refractivity contribution is 0.0574. The van der Waals surface area contributed by atoms with Gasteiger partial charge in [0.2, 0.25) is 5.89 Å². The van der Waals surface area contributed by atoms with Gasteiger partial charge in [0.25, 0.3) is 0 Å². The van der Waals surface area contributed by atoms with Crippen molar-refractivity contribution in [1.82, 2.24) is 9.88 Å². The van der Waals surface area contributed by atoms with Crippen LogP contribution in [0.2, 0.25) is 0 Å². The molecule has 24 heavy (non-hydrogen) atoms. The minimum absolute atomic E-state index is 0. The van der Waals surface area contributed by atoms with Crippen molar-refractivity contribution in [2.24, 2.45) is 11.1 Å². The molecule has 0 aliphatic carbocycles. The van der Waals surface area contributed by atoms with E-state index in [1.54, 1.807) is 0 Å². The van der Waals surface area contributed by atoms with Crippen molar-refractivity contribution in [3.05, 3.63) is 42.4 Å². The number of rotatable bonds is 3. The summed E-state index contributed by atoms with van der Waals surface area (Å²) in [4.78, 5) is 6.92. The van der Waals surface area contributed by atoms with E-state index in [0.29, 0.717) is 0 Å². The minimum Gasteiger partial charge on any atom is -0.439 e. The van der Waals surface area contributed by atoms with Crippen molar-refractivity contribution in [1.29, 1.82) is 0 Å². The highest BCUT2D eigenvalue weighted by Gasteiger charge is 2.36. The lowest BCUT2D eigenvalue weighted by Crippen LogP contribution is -2.52. The summed E-state index contributed by atoms with van der Waals surface area (Å²) in [6.45, 7) is 8.60. The number of nitrogens with zero attached hydrogens (tertiary/aromatic N) is 2. The lowest BCUT2D eigenvalue weighted by atomic mass is 9.79. The molecule has 134 valence electrons. The van der Waals surface area contributed by atoms with E-state index in [1.807, 2.05) is 36.5 Å². The van der Waals surface area contributed by atoms with Crippen molar-refractivity contribution >= 4 is 24.8 Å². The van der Waals surface area contributed by atoms with Crippen LogP contribution in [0.15, 0.2) is 40.9 Å². The third kappa shape index (κ3) is 4.31. The quantitative estimate of drug-likeness (QED) is 0.873. The standard InChI is InChI=1S/C18H25N3O.2ClH/c1-13(21-10-9-16(19)18(2,3)12-21)17-20-11-15(22-17)14-7-5-4-6-8-14;;/h4-8,11,13,16H,9-10,12,19H2,1-3H3;2*1H. The Morgan fingerprint density at radius 2 is 1.92 bits per heavy atom. The number of likely N-dealkylation sites (tertiary alicyclic amines) is 1. The van der Waals surface area contributed by atoms with E-state index in [2.05, 4.69) is 30.7 Å². The van der Waals surface area contributed by atoms with E-state index in [4.69, 9.17) is 10.2 Å². The molecule has 0 spiro atoms. The summed E-state index contributed by atoms with van der Waals surface area (Å²) >= 11 is 0. The lowest BCUT2D eigenvalue weighted by Gasteiger charge is -2.44. The molecule has 0 bridgehead atoms. The van der Waals surface area contributed by atoms with Gasteiger partial charge in [0.05, 0.1) is 12.2 Å². The van der Waals surface area contributed by atoms with E-state index >= 15 is 0 Å². The number of oxazole rings is 1. The number of nitrogens with two attached hydrogens (primary N) is 1. The van der Waals surface area contributed by atoms with Crippen LogP contribution < -0.4 is 5.73 Å². The monoisotopic (exact) mass is 371 g/mol. The van der Waals surface area contributed by atoms with Crippen LogP contribution in [0.25, 0.3) is 11.3 Å². The Hall–Kier alpha value is -1.07. The van der Waals surface area contributed by atoms with Gasteiger partial charge in [-0.1, -0.05) is 44.2 Å². The summed E-state index contributed by atoms with van der Waals surface area (Å²) in [7, 11) is 0. The summed E-state index contributed by atoms with van der Waals surface area (Å²) in [6.07, 6.45) is 2.84. The number of benzene rings is 1. The van der Waals surface area contributed by atoms with Crippen molar-refractivity contribution in [2.75, 3.05) is 13.1 Å². The maximum absolute atomic E-state index is 6.23. The summed E-state index contributed by atoms with van der Waals surface area (Å²) in [5.74, 6) is 1.61. The third-order valence-electron chi connectivity index (χ3n) is 4.83. The maximum atomic E-state index is 6.23. The Morgan fingerprint density at radius 3 is 2.54 bits per heavy atom. The zero-order chi connectivity index (χ0) is 15.7. The predicted molar refractivity (Wildman–Crippen MR) is 103 cm³/mol. The normalized spacial score (nSPS) is 21.4. The van der Waals surface area contributed by atoms with E-state index in [9.17, 15) is 0 Å². The first-order chi connectivity index (χ1) is 10.5. The summed E-state index contributed by atoms with van der Waals surface area (Å²) < 4.78 is 6.00. The molecule has 1 aromatic carbocycles. The second kappa shape index (κ2) is 8.34. The molecule has 2 unspecified atom stereocenters. The SMILES string of the molecule is CC(c1ncc(-c2ccccc2)o1)N1CCC(N)C(C)(C)C1.Cl.Cl. The van der Waals surface area contributed by atoms with Crippen LogP contribution in [0, 0.1) is 5.41 Å². The molecule has 1 fully saturated rings. The van der Waals surface area contributed by atoms with Crippen LogP contribution in [0.3, 0.4) is 0 Å². The molecule has 1 aliphatic heterocycles. The highest BCUT2D eigenvalue weighted by atomic mass is 35.5. The summed E-state index contributed by atoms with van der Waals surface area (Å²) in [5.41, 5.74) is 7.42. The second-order valence-electron chi connectivity index (χ2n) is 6.96. The second-order valence-corrected chi connectivity index (χ2v) is 6.96. The highest BCUT2D eigenvalue weighted by Crippen LogP contribution is 2.33. The van der Waals surface area contributed by atoms with Gasteiger partial charge in [-0.3, -0.25) is 4.90 Å². The molecule has 0 amide bonds. The zero-order valence-corrected chi connectivity index (χ0v) is 16.1. The highest BCUT2D eigenvalue weighted by molar-refractivity contribution is 5.85. The number of piperidine rings is 1. The van der Waals surface area contributed by atoms with Crippen molar-refractivity contribution in [3.63, 3.8) is 0 Å². The van der Waals surface area contributed by atoms with Gasteiger partial charge in [0.1, 0.15) is 0 Å². The van der Waals surface area contributed by atoms with Gasteiger partial charge in [-0.05, 0) is 18.8 Å². The molecular formula is C18H27Cl2N3O. The summed E-state index contributed by atoms with van der Waals surface area (Å²) in [5, 5.41) is 0. The molecule has 1 aliphatic rings. The van der Waals surface area contributed by atoms with Crippen molar-refractivity contribution in [3.8, 4) is 11.3 Å². The Morgan fingerprint density at radius 1 is 1.25 bits per heavy atom. The minimum atomic E-state index is 0. The fraction of sp³-hybridized carbons (Fsp3) is 0.500. The number of aromatic nitrogens is 1. The van der Waals surface area contributed by atoms with Crippen LogP contribution >= 0.6 is 24.8 Å². The maximum Gasteiger partial charge on any atom is 0.211 e. The topological polar surface area (TPSA) is 55.3 Å². The fourth-order valence-corrected chi connectivity index (χ4v) is 3.12. The van der Waals surface area contributed by atoms with Gasteiger partial charge in [-0.25, -0.2) is 4.98 Å². The van der Waals surface area contributed by atoms with E-state index in [1.165, 1.54) is 0 Å². The molecular weight excluding hydrogens is 345 g/mol. The van der Waals surface area contributed by atoms with Gasteiger partial charge in [-0.2, -0.15) is 0 Å². The number of halogens is 2. The van der Waals surface area contributed by atoms with Crippen LogP contribution in [0.4, 0.5) is 0 Å². The summed E-state index contributed by atoms with van der Waals surface area (Å²) in [6, 6.07) is 10.5. The first-order valence-corrected chi connectivity index (χ1v) is 7.98. The zero-order valence-electron chi connectivity index (χ0n) is 14.4. The molecule has 1 saturated heterocycles. The van der Waals surface area contributed by atoms with Gasteiger partial charge >= 0.3 is 0 Å². The average Bonchev–Trinajstić information content (AvgIpc) is 3.00. The molecule has 2 N–H and O–H groups in total. The number of hydrogen-bond acceptors (Lipinski definition) is 4. The van der Waals surface area contributed by atoms with Crippen LogP contribution in [-0.4, -0.2) is 29.0 Å². The molecule has 0 saturated carbocycles. The fourth-order valence-electron chi connectivity index (χ4n) is 3.12. The Kier molecular flexibility index (Phi) is 7.29. The van der Waals surface area contributed by atoms with Crippen LogP contribution in [0.1, 0.15) is 39.1 Å². The molecule has 2 atom stereocenters. The smallest absolute Gasteiger partial charge is 0.211 e. The molecule has 3 rings (SSSR count). The Balaban J connectivity index is 0.00000144. The molecule has 4 nitrogen and oxygen atoms in total. The molecule has 6 heteroatoms. The molecule has 2 heterocycles.